The number of rotatable bonds is 10. The average molecular weight is 617 g/mol. The van der Waals surface area contributed by atoms with E-state index in [9.17, 15) is 13.0 Å². The van der Waals surface area contributed by atoms with Crippen LogP contribution in [-0.2, 0) is 10.1 Å². The number of ether oxygens (including phenoxy) is 2. The molecule has 1 N–H and O–H groups in total. The molecule has 0 amide bonds. The molecule has 2 fully saturated rings. The first-order valence-electron chi connectivity index (χ1n) is 16.1. The molecule has 0 aliphatic heterocycles. The molecule has 7 heteroatoms. The maximum absolute atomic E-state index is 13.0. The standard InChI is InChI=1S/C35H53O5PS/c1-22(2)25-19-28(23(3)4)32(29(20-25)24(5)6)33-30(39-7)21-31(42(36,37)38)34(40-8)35(33)41(26-15-11-9-12-16-26)27-17-13-10-14-18-27/h19-24,26-27H,9-18H2,1-8H3,(H,36,37,38). The Labute approximate surface area is 256 Å². The van der Waals surface area contributed by atoms with Crippen LogP contribution in [0.3, 0.4) is 0 Å². The van der Waals surface area contributed by atoms with Gasteiger partial charge in [-0.25, -0.2) is 0 Å². The molecule has 0 radical (unpaired) electrons. The lowest BCUT2D eigenvalue weighted by Crippen LogP contribution is -2.29. The first-order chi connectivity index (χ1) is 19.9. The molecule has 2 aliphatic carbocycles. The first kappa shape index (κ1) is 33.3. The molecule has 0 bridgehead atoms. The van der Waals surface area contributed by atoms with Gasteiger partial charge in [0.15, 0.2) is 0 Å². The van der Waals surface area contributed by atoms with Crippen LogP contribution in [0, 0.1) is 0 Å². The predicted molar refractivity (Wildman–Crippen MR) is 177 cm³/mol. The van der Waals surface area contributed by atoms with Crippen molar-refractivity contribution < 1.29 is 22.4 Å². The van der Waals surface area contributed by atoms with Crippen molar-refractivity contribution in [3.8, 4) is 22.6 Å². The van der Waals surface area contributed by atoms with Crippen molar-refractivity contribution in [3.63, 3.8) is 0 Å². The lowest BCUT2D eigenvalue weighted by molar-refractivity contribution is 0.391. The van der Waals surface area contributed by atoms with Gasteiger partial charge in [-0.2, -0.15) is 8.42 Å². The SMILES string of the molecule is COc1cc(S(=O)(=O)O)c(OC)c(P(C2CCCCC2)C2CCCCC2)c1-c1c(C(C)C)cc(C(C)C)cc1C(C)C. The summed E-state index contributed by atoms with van der Waals surface area (Å²) in [5.74, 6) is 1.72. The van der Waals surface area contributed by atoms with Crippen molar-refractivity contribution in [1.82, 2.24) is 0 Å². The number of hydrogen-bond acceptors (Lipinski definition) is 4. The van der Waals surface area contributed by atoms with Gasteiger partial charge in [-0.05, 0) is 77.0 Å². The monoisotopic (exact) mass is 616 g/mol. The van der Waals surface area contributed by atoms with E-state index in [1.807, 2.05) is 0 Å². The van der Waals surface area contributed by atoms with Crippen LogP contribution in [0.15, 0.2) is 23.1 Å². The lowest BCUT2D eigenvalue weighted by atomic mass is 9.81. The van der Waals surface area contributed by atoms with Gasteiger partial charge < -0.3 is 9.47 Å². The van der Waals surface area contributed by atoms with Crippen molar-refractivity contribution in [2.24, 2.45) is 0 Å². The van der Waals surface area contributed by atoms with Crippen molar-refractivity contribution >= 4 is 23.3 Å². The smallest absolute Gasteiger partial charge is 0.298 e. The van der Waals surface area contributed by atoms with Gasteiger partial charge in [0.2, 0.25) is 0 Å². The summed E-state index contributed by atoms with van der Waals surface area (Å²) in [6.45, 7) is 13.5. The third-order valence-corrected chi connectivity index (χ3v) is 13.9. The fourth-order valence-corrected chi connectivity index (χ4v) is 12.1. The molecule has 234 valence electrons. The van der Waals surface area contributed by atoms with E-state index >= 15 is 0 Å². The van der Waals surface area contributed by atoms with Crippen molar-refractivity contribution in [3.05, 3.63) is 34.9 Å². The van der Waals surface area contributed by atoms with E-state index in [0.29, 0.717) is 28.7 Å². The van der Waals surface area contributed by atoms with Crippen LogP contribution in [0.1, 0.15) is 140 Å². The first-order valence-corrected chi connectivity index (χ1v) is 19.1. The molecule has 0 spiro atoms. The molecule has 2 saturated carbocycles. The zero-order valence-electron chi connectivity index (χ0n) is 27.1. The Kier molecular flexibility index (Phi) is 11.1. The highest BCUT2D eigenvalue weighted by Gasteiger charge is 2.40. The van der Waals surface area contributed by atoms with Gasteiger partial charge in [0.25, 0.3) is 10.1 Å². The summed E-state index contributed by atoms with van der Waals surface area (Å²) >= 11 is 0. The quantitative estimate of drug-likeness (QED) is 0.212. The highest BCUT2D eigenvalue weighted by molar-refractivity contribution is 7.86. The second-order valence-corrected chi connectivity index (χ2v) is 17.5. The van der Waals surface area contributed by atoms with Crippen LogP contribution in [0.5, 0.6) is 11.5 Å². The van der Waals surface area contributed by atoms with Gasteiger partial charge in [-0.15, -0.1) is 0 Å². The van der Waals surface area contributed by atoms with Gasteiger partial charge in [0.05, 0.1) is 14.2 Å². The van der Waals surface area contributed by atoms with Crippen molar-refractivity contribution in [2.75, 3.05) is 14.2 Å². The van der Waals surface area contributed by atoms with E-state index < -0.39 is 18.0 Å². The zero-order chi connectivity index (χ0) is 30.8. The molecule has 42 heavy (non-hydrogen) atoms. The van der Waals surface area contributed by atoms with Gasteiger partial charge in [0.1, 0.15) is 16.4 Å². The number of benzene rings is 2. The van der Waals surface area contributed by atoms with E-state index in [4.69, 9.17) is 9.47 Å². The Hall–Kier alpha value is -1.62. The van der Waals surface area contributed by atoms with Gasteiger partial charge in [-0.3, -0.25) is 4.55 Å². The van der Waals surface area contributed by atoms with Gasteiger partial charge >= 0.3 is 0 Å². The second-order valence-electron chi connectivity index (χ2n) is 13.3. The third-order valence-electron chi connectivity index (χ3n) is 9.46. The predicted octanol–water partition coefficient (Wildman–Crippen LogP) is 9.76. The summed E-state index contributed by atoms with van der Waals surface area (Å²) in [4.78, 5) is -0.171. The van der Waals surface area contributed by atoms with Crippen LogP contribution in [0.25, 0.3) is 11.1 Å². The van der Waals surface area contributed by atoms with E-state index in [1.54, 1.807) is 14.2 Å². The van der Waals surface area contributed by atoms with E-state index in [1.165, 1.54) is 61.3 Å². The third kappa shape index (κ3) is 6.87. The summed E-state index contributed by atoms with van der Waals surface area (Å²) in [7, 11) is -2.19. The second kappa shape index (κ2) is 14.0. The van der Waals surface area contributed by atoms with Crippen molar-refractivity contribution in [1.29, 1.82) is 0 Å². The maximum atomic E-state index is 13.0. The number of methoxy groups -OCH3 is 2. The van der Waals surface area contributed by atoms with E-state index in [0.717, 1.165) is 42.1 Å². The molecule has 0 saturated heterocycles. The van der Waals surface area contributed by atoms with Crippen LogP contribution in [0.2, 0.25) is 0 Å². The molecule has 2 aromatic rings. The Balaban J connectivity index is 2.22. The fraction of sp³-hybridized carbons (Fsp3) is 0.657. The molecule has 0 unspecified atom stereocenters. The molecule has 4 rings (SSSR count). The topological polar surface area (TPSA) is 72.8 Å². The van der Waals surface area contributed by atoms with Crippen LogP contribution < -0.4 is 14.8 Å². The minimum absolute atomic E-state index is 0.171. The lowest BCUT2D eigenvalue weighted by Gasteiger charge is -2.41. The minimum atomic E-state index is -4.56. The summed E-state index contributed by atoms with van der Waals surface area (Å²) in [6, 6.07) is 6.21. The number of hydrogen-bond donors (Lipinski definition) is 1. The highest BCUT2D eigenvalue weighted by Crippen LogP contribution is 2.60. The largest absolute Gasteiger partial charge is 0.496 e. The molecule has 2 aromatic carbocycles. The van der Waals surface area contributed by atoms with Crippen LogP contribution in [0.4, 0.5) is 0 Å². The summed E-state index contributed by atoms with van der Waals surface area (Å²) < 4.78 is 48.7. The zero-order valence-corrected chi connectivity index (χ0v) is 28.8. The van der Waals surface area contributed by atoms with Crippen molar-refractivity contribution in [2.45, 2.75) is 140 Å². The molecule has 5 nitrogen and oxygen atoms in total. The van der Waals surface area contributed by atoms with Gasteiger partial charge in [0, 0.05) is 16.9 Å². The van der Waals surface area contributed by atoms with Gasteiger partial charge in [-0.1, -0.05) is 100 Å². The Bertz CT molecular complexity index is 1290. The Morgan fingerprint density at radius 1 is 0.714 bits per heavy atom. The van der Waals surface area contributed by atoms with Crippen LogP contribution in [-0.4, -0.2) is 38.5 Å². The summed E-state index contributed by atoms with van der Waals surface area (Å²) in [5, 5.41) is 0.999. The average Bonchev–Trinajstić information content (AvgIpc) is 2.96. The summed E-state index contributed by atoms with van der Waals surface area (Å²) in [6.07, 6.45) is 12.0. The summed E-state index contributed by atoms with van der Waals surface area (Å²) in [5.41, 5.74) is 6.97. The van der Waals surface area contributed by atoms with Crippen LogP contribution >= 0.6 is 7.92 Å². The van der Waals surface area contributed by atoms with E-state index in [2.05, 4.69) is 53.7 Å². The normalized spacial score (nSPS) is 17.5. The Morgan fingerprint density at radius 3 is 1.55 bits per heavy atom. The molecular weight excluding hydrogens is 563 g/mol. The molecular formula is C35H53O5PS. The fourth-order valence-electron chi connectivity index (χ4n) is 7.27. The Morgan fingerprint density at radius 2 is 1.19 bits per heavy atom. The molecule has 0 atom stereocenters. The highest BCUT2D eigenvalue weighted by atomic mass is 32.2. The minimum Gasteiger partial charge on any atom is -0.496 e. The van der Waals surface area contributed by atoms with E-state index in [-0.39, 0.29) is 16.7 Å². The maximum Gasteiger partial charge on any atom is 0.298 e. The molecule has 0 heterocycles. The molecule has 0 aromatic heterocycles. The molecule has 2 aliphatic rings.